The van der Waals surface area contributed by atoms with Gasteiger partial charge in [0.15, 0.2) is 18.6 Å². The van der Waals surface area contributed by atoms with Crippen LogP contribution in [0.4, 0.5) is 0 Å². The molecule has 0 spiro atoms. The molecule has 0 bridgehead atoms. The second-order valence-corrected chi connectivity index (χ2v) is 11.2. The van der Waals surface area contributed by atoms with Gasteiger partial charge in [0.2, 0.25) is 0 Å². The summed E-state index contributed by atoms with van der Waals surface area (Å²) >= 11 is 14.3. The van der Waals surface area contributed by atoms with Crippen LogP contribution in [-0.2, 0) is 0 Å². The molecule has 4 rings (SSSR count). The summed E-state index contributed by atoms with van der Waals surface area (Å²) in [6, 6.07) is 8.12. The number of halogens is 5. The first-order chi connectivity index (χ1) is 14.1. The minimum atomic E-state index is -1.09. The molecule has 1 heterocycles. The molecule has 3 N–H and O–H groups in total. The fourth-order valence-electron chi connectivity index (χ4n) is 3.20. The van der Waals surface area contributed by atoms with Crippen LogP contribution in [-0.4, -0.2) is 21.3 Å². The first kappa shape index (κ1) is 22.8. The van der Waals surface area contributed by atoms with Crippen molar-refractivity contribution in [3.8, 4) is 22.6 Å². The minimum Gasteiger partial charge on any atom is -0.505 e. The third-order valence-electron chi connectivity index (χ3n) is 4.52. The molecule has 5 nitrogen and oxygen atoms in total. The van der Waals surface area contributed by atoms with E-state index in [1.807, 2.05) is 90.4 Å². The highest BCUT2D eigenvalue weighted by molar-refractivity contribution is 14.1. The molecule has 0 aliphatic rings. The molecule has 30 heavy (non-hydrogen) atoms. The average Bonchev–Trinajstić information content (AvgIpc) is 2.69. The number of phenols is 2. The van der Waals surface area contributed by atoms with E-state index in [1.54, 1.807) is 18.2 Å². The molecule has 1 aromatic heterocycles. The molecule has 0 aliphatic carbocycles. The Balaban J connectivity index is 2.36. The molecule has 0 fully saturated rings. The maximum absolute atomic E-state index is 12.0. The minimum absolute atomic E-state index is 0.0760. The van der Waals surface area contributed by atoms with Gasteiger partial charge in [0, 0.05) is 10.6 Å². The summed E-state index contributed by atoms with van der Waals surface area (Å²) in [5.74, 6) is -0.936. The van der Waals surface area contributed by atoms with Crippen molar-refractivity contribution in [3.05, 3.63) is 55.2 Å². The van der Waals surface area contributed by atoms with E-state index in [9.17, 15) is 20.1 Å². The van der Waals surface area contributed by atoms with Crippen molar-refractivity contribution in [2.45, 2.75) is 0 Å². The summed E-state index contributed by atoms with van der Waals surface area (Å²) in [5, 5.41) is 32.4. The predicted molar refractivity (Wildman–Crippen MR) is 150 cm³/mol. The van der Waals surface area contributed by atoms with Gasteiger partial charge in [-0.25, -0.2) is 9.21 Å². The first-order valence-corrected chi connectivity index (χ1v) is 12.8. The van der Waals surface area contributed by atoms with Crippen molar-refractivity contribution in [1.82, 2.24) is 0 Å². The quantitative estimate of drug-likeness (QED) is 0.109. The molecule has 4 aromatic rings. The van der Waals surface area contributed by atoms with Gasteiger partial charge < -0.3 is 15.3 Å². The Hall–Kier alpha value is -0.390. The molecule has 0 unspecified atom stereocenters. The van der Waals surface area contributed by atoms with Gasteiger partial charge >= 0.3 is 17.1 Å². The van der Waals surface area contributed by atoms with Gasteiger partial charge in [-0.15, -0.1) is 0 Å². The Bertz CT molecular complexity index is 1330. The van der Waals surface area contributed by atoms with E-state index >= 15 is 0 Å². The number of carbonyl (C=O) groups is 1. The van der Waals surface area contributed by atoms with Crippen LogP contribution in [0.1, 0.15) is 10.4 Å². The number of hydrogen-bond acceptors (Lipinski definition) is 3. The van der Waals surface area contributed by atoms with E-state index in [4.69, 9.17) is 16.0 Å². The lowest BCUT2D eigenvalue weighted by Gasteiger charge is -2.12. The monoisotopic (exact) mass is 871 g/mol. The van der Waals surface area contributed by atoms with E-state index in [0.717, 1.165) is 0 Å². The lowest BCUT2D eigenvalue weighted by atomic mass is 9.93. The number of phenolic OH excluding ortho intramolecular Hbond substituents is 2. The second-order valence-electron chi connectivity index (χ2n) is 6.27. The standard InChI is InChI=1S/C20H7ClI4O5/c21-6-1-2-7(20(28)29)8(3-6)13-9-4-11(22)16(26)14(24)18(9)30-19-10(13)5-12(23)17(27)15(19)25/h1-5H,(H2-,26,27,28,29)/p+1. The van der Waals surface area contributed by atoms with E-state index in [-0.39, 0.29) is 17.1 Å². The van der Waals surface area contributed by atoms with Crippen molar-refractivity contribution < 1.29 is 24.5 Å². The number of rotatable bonds is 2. The molecule has 3 aromatic carbocycles. The zero-order chi connectivity index (χ0) is 21.9. The molecule has 0 radical (unpaired) electrons. The zero-order valence-electron chi connectivity index (χ0n) is 14.4. The van der Waals surface area contributed by atoms with Crippen molar-refractivity contribution in [2.75, 3.05) is 0 Å². The summed E-state index contributed by atoms with van der Waals surface area (Å²) in [4.78, 5) is 12.0. The molecular formula is C20H8ClI4O5+. The van der Waals surface area contributed by atoms with E-state index < -0.39 is 5.97 Å². The maximum Gasteiger partial charge on any atom is 0.378 e. The SMILES string of the molecule is O=C(O)c1ccc(Cl)cc1-c1c2cc(I)c(O)c(I)c2[o+]c2c(I)c(O)c(I)cc12. The Labute approximate surface area is 229 Å². The zero-order valence-corrected chi connectivity index (χ0v) is 23.8. The van der Waals surface area contributed by atoms with Gasteiger partial charge in [0.05, 0.1) is 23.5 Å². The number of carboxylic acids is 1. The van der Waals surface area contributed by atoms with Crippen LogP contribution >= 0.6 is 102 Å². The van der Waals surface area contributed by atoms with E-state index in [1.165, 1.54) is 12.1 Å². The van der Waals surface area contributed by atoms with Crippen LogP contribution in [0.3, 0.4) is 0 Å². The Kier molecular flexibility index (Phi) is 6.47. The number of aromatic carboxylic acids is 1. The third-order valence-corrected chi connectivity index (χ3v) is 8.40. The van der Waals surface area contributed by atoms with Gasteiger partial charge in [-0.3, -0.25) is 0 Å². The van der Waals surface area contributed by atoms with Crippen LogP contribution in [0, 0.1) is 14.3 Å². The van der Waals surface area contributed by atoms with Gasteiger partial charge in [-0.05, 0) is 126 Å². The van der Waals surface area contributed by atoms with Crippen molar-refractivity contribution in [2.24, 2.45) is 0 Å². The van der Waals surface area contributed by atoms with Crippen LogP contribution < -0.4 is 0 Å². The highest BCUT2D eigenvalue weighted by Crippen LogP contribution is 2.46. The number of hydrogen-bond donors (Lipinski definition) is 3. The summed E-state index contributed by atoms with van der Waals surface area (Å²) in [5.41, 5.74) is 1.91. The van der Waals surface area contributed by atoms with Crippen LogP contribution in [0.5, 0.6) is 11.5 Å². The summed E-state index contributed by atoms with van der Waals surface area (Å²) in [7, 11) is 0. The van der Waals surface area contributed by atoms with Crippen molar-refractivity contribution in [3.63, 3.8) is 0 Å². The summed E-state index contributed by atoms with van der Waals surface area (Å²) < 4.78 is 8.33. The number of benzene rings is 3. The molecule has 0 atom stereocenters. The number of carboxylic acid groups (broad SMARTS) is 1. The lowest BCUT2D eigenvalue weighted by Crippen LogP contribution is -2.01. The molecule has 0 saturated carbocycles. The van der Waals surface area contributed by atoms with Crippen LogP contribution in [0.25, 0.3) is 33.1 Å². The molecule has 0 saturated heterocycles. The topological polar surface area (TPSA) is 89.1 Å². The average molecular weight is 871 g/mol. The largest absolute Gasteiger partial charge is 0.505 e. The maximum atomic E-state index is 12.0. The van der Waals surface area contributed by atoms with Crippen LogP contribution in [0.2, 0.25) is 5.02 Å². The Morgan fingerprint density at radius 2 is 1.37 bits per heavy atom. The van der Waals surface area contributed by atoms with Gasteiger partial charge in [0.25, 0.3) is 0 Å². The molecule has 152 valence electrons. The Morgan fingerprint density at radius 3 is 1.83 bits per heavy atom. The number of fused-ring (bicyclic) bond motifs is 2. The third kappa shape index (κ3) is 3.71. The fourth-order valence-corrected chi connectivity index (χ4v) is 6.95. The predicted octanol–water partition coefficient (Wildman–Crippen LogP) is 7.72. The molecule has 0 amide bonds. The van der Waals surface area contributed by atoms with Crippen molar-refractivity contribution in [1.29, 1.82) is 0 Å². The normalized spacial score (nSPS) is 11.4. The van der Waals surface area contributed by atoms with Gasteiger partial charge in [-0.1, -0.05) is 11.6 Å². The lowest BCUT2D eigenvalue weighted by molar-refractivity contribution is 0.0697. The number of aromatic hydroxyl groups is 2. The Morgan fingerprint density at radius 1 is 0.867 bits per heavy atom. The van der Waals surface area contributed by atoms with Crippen LogP contribution in [0.15, 0.2) is 34.7 Å². The van der Waals surface area contributed by atoms with E-state index in [0.29, 0.717) is 52.4 Å². The highest BCUT2D eigenvalue weighted by Gasteiger charge is 2.31. The van der Waals surface area contributed by atoms with Gasteiger partial charge in [-0.2, -0.15) is 0 Å². The molecule has 0 aliphatic heterocycles. The van der Waals surface area contributed by atoms with Gasteiger partial charge in [0.1, 0.15) is 0 Å². The summed E-state index contributed by atoms with van der Waals surface area (Å²) in [6.45, 7) is 0. The summed E-state index contributed by atoms with van der Waals surface area (Å²) in [6.07, 6.45) is 0. The second kappa shape index (κ2) is 8.51. The first-order valence-electron chi connectivity index (χ1n) is 8.12. The highest BCUT2D eigenvalue weighted by atomic mass is 127. The fraction of sp³-hybridized carbons (Fsp3) is 0. The smallest absolute Gasteiger partial charge is 0.378 e. The molecular weight excluding hydrogens is 863 g/mol. The van der Waals surface area contributed by atoms with E-state index in [2.05, 4.69) is 0 Å². The van der Waals surface area contributed by atoms with Crippen molar-refractivity contribution >= 4 is 130 Å². The molecule has 10 heteroatoms.